The Labute approximate surface area is 110 Å². The summed E-state index contributed by atoms with van der Waals surface area (Å²) in [6.45, 7) is 4.66. The summed E-state index contributed by atoms with van der Waals surface area (Å²) in [5, 5.41) is 8.99. The predicted octanol–water partition coefficient (Wildman–Crippen LogP) is 4.02. The zero-order valence-corrected chi connectivity index (χ0v) is 11.3. The van der Waals surface area contributed by atoms with Crippen molar-refractivity contribution in [2.45, 2.75) is 39.7 Å². The van der Waals surface area contributed by atoms with Crippen LogP contribution in [0.2, 0.25) is 0 Å². The average Bonchev–Trinajstić information content (AvgIpc) is 2.38. The first-order valence-corrected chi connectivity index (χ1v) is 6.66. The molecular formula is C17H22O. The molecule has 18 heavy (non-hydrogen) atoms. The molecule has 1 nitrogen and oxygen atoms in total. The van der Waals surface area contributed by atoms with Crippen LogP contribution in [0.3, 0.4) is 0 Å². The topological polar surface area (TPSA) is 20.2 Å². The van der Waals surface area contributed by atoms with E-state index in [1.807, 2.05) is 12.1 Å². The fraction of sp³-hybridized carbons (Fsp3) is 0.412. The molecule has 0 aromatic heterocycles. The van der Waals surface area contributed by atoms with Crippen LogP contribution in [-0.4, -0.2) is 5.11 Å². The minimum Gasteiger partial charge on any atom is -0.392 e. The zero-order chi connectivity index (χ0) is 13.0. The van der Waals surface area contributed by atoms with Crippen LogP contribution >= 0.6 is 0 Å². The van der Waals surface area contributed by atoms with Crippen molar-refractivity contribution >= 4 is 0 Å². The smallest absolute Gasteiger partial charge is 0.0681 e. The second kappa shape index (κ2) is 5.53. The number of aliphatic hydroxyl groups is 1. The SMILES string of the molecule is CC1(C)C=CC(CCc2ccc(CO)cc2)=CC1. The van der Waals surface area contributed by atoms with Gasteiger partial charge in [0.05, 0.1) is 6.61 Å². The van der Waals surface area contributed by atoms with Crippen LogP contribution < -0.4 is 0 Å². The van der Waals surface area contributed by atoms with Gasteiger partial charge in [0.1, 0.15) is 0 Å². The number of rotatable bonds is 4. The lowest BCUT2D eigenvalue weighted by atomic mass is 9.83. The molecule has 1 N–H and O–H groups in total. The molecule has 0 atom stereocenters. The lowest BCUT2D eigenvalue weighted by Crippen LogP contribution is -2.09. The second-order valence-electron chi connectivity index (χ2n) is 5.78. The molecule has 0 spiro atoms. The van der Waals surface area contributed by atoms with E-state index in [0.29, 0.717) is 5.41 Å². The van der Waals surface area contributed by atoms with Crippen LogP contribution in [0.5, 0.6) is 0 Å². The van der Waals surface area contributed by atoms with E-state index >= 15 is 0 Å². The Hall–Kier alpha value is -1.34. The molecule has 2 rings (SSSR count). The van der Waals surface area contributed by atoms with Gasteiger partial charge in [-0.2, -0.15) is 0 Å². The Balaban J connectivity index is 1.88. The largest absolute Gasteiger partial charge is 0.392 e. The van der Waals surface area contributed by atoms with Crippen molar-refractivity contribution < 1.29 is 5.11 Å². The number of allylic oxidation sites excluding steroid dienone is 4. The Morgan fingerprint density at radius 2 is 1.72 bits per heavy atom. The molecule has 0 bridgehead atoms. The van der Waals surface area contributed by atoms with Gasteiger partial charge in [0.25, 0.3) is 0 Å². The van der Waals surface area contributed by atoms with E-state index in [9.17, 15) is 0 Å². The standard InChI is InChI=1S/C17H22O/c1-17(2)11-9-15(10-12-17)4-3-14-5-7-16(13-18)8-6-14/h5-11,18H,3-4,12-13H2,1-2H3. The third kappa shape index (κ3) is 3.58. The Bertz CT molecular complexity index is 449. The molecule has 96 valence electrons. The summed E-state index contributed by atoms with van der Waals surface area (Å²) in [6, 6.07) is 8.23. The van der Waals surface area contributed by atoms with E-state index in [1.54, 1.807) is 0 Å². The van der Waals surface area contributed by atoms with Crippen LogP contribution in [0.1, 0.15) is 37.8 Å². The molecule has 0 heterocycles. The van der Waals surface area contributed by atoms with Gasteiger partial charge in [0.2, 0.25) is 0 Å². The van der Waals surface area contributed by atoms with Gasteiger partial charge in [-0.25, -0.2) is 0 Å². The van der Waals surface area contributed by atoms with E-state index in [2.05, 4.69) is 44.2 Å². The summed E-state index contributed by atoms with van der Waals surface area (Å²) in [5.41, 5.74) is 4.09. The van der Waals surface area contributed by atoms with Crippen LogP contribution in [0.25, 0.3) is 0 Å². The average molecular weight is 242 g/mol. The van der Waals surface area contributed by atoms with E-state index in [-0.39, 0.29) is 6.61 Å². The minimum atomic E-state index is 0.128. The third-order valence-electron chi connectivity index (χ3n) is 3.55. The Morgan fingerprint density at radius 1 is 1.06 bits per heavy atom. The summed E-state index contributed by atoms with van der Waals surface area (Å²) in [5.74, 6) is 0. The van der Waals surface area contributed by atoms with Crippen molar-refractivity contribution in [1.29, 1.82) is 0 Å². The summed E-state index contributed by atoms with van der Waals surface area (Å²) >= 11 is 0. The van der Waals surface area contributed by atoms with Crippen LogP contribution in [0.4, 0.5) is 0 Å². The third-order valence-corrected chi connectivity index (χ3v) is 3.55. The van der Waals surface area contributed by atoms with Crippen molar-refractivity contribution in [3.05, 3.63) is 59.2 Å². The minimum absolute atomic E-state index is 0.128. The maximum absolute atomic E-state index is 8.99. The summed E-state index contributed by atoms with van der Waals surface area (Å²) < 4.78 is 0. The molecule has 0 amide bonds. The number of aliphatic hydroxyl groups excluding tert-OH is 1. The first-order chi connectivity index (χ1) is 8.59. The quantitative estimate of drug-likeness (QED) is 0.845. The van der Waals surface area contributed by atoms with E-state index < -0.39 is 0 Å². The molecule has 0 radical (unpaired) electrons. The molecule has 0 aliphatic heterocycles. The molecule has 1 aromatic carbocycles. The summed E-state index contributed by atoms with van der Waals surface area (Å²) in [6.07, 6.45) is 10.3. The molecule has 1 aromatic rings. The predicted molar refractivity (Wildman–Crippen MR) is 76.3 cm³/mol. The number of benzene rings is 1. The van der Waals surface area contributed by atoms with Gasteiger partial charge >= 0.3 is 0 Å². The van der Waals surface area contributed by atoms with Gasteiger partial charge in [0.15, 0.2) is 0 Å². The van der Waals surface area contributed by atoms with Gasteiger partial charge in [-0.15, -0.1) is 0 Å². The highest BCUT2D eigenvalue weighted by Gasteiger charge is 2.15. The normalized spacial score (nSPS) is 17.6. The van der Waals surface area contributed by atoms with Crippen LogP contribution in [-0.2, 0) is 13.0 Å². The molecule has 0 saturated heterocycles. The highest BCUT2D eigenvalue weighted by molar-refractivity contribution is 5.28. The monoisotopic (exact) mass is 242 g/mol. The fourth-order valence-corrected chi connectivity index (χ4v) is 2.15. The van der Waals surface area contributed by atoms with Crippen molar-refractivity contribution in [3.63, 3.8) is 0 Å². The highest BCUT2D eigenvalue weighted by Crippen LogP contribution is 2.29. The molecule has 1 aliphatic rings. The van der Waals surface area contributed by atoms with Crippen molar-refractivity contribution in [2.75, 3.05) is 0 Å². The van der Waals surface area contributed by atoms with Crippen molar-refractivity contribution in [1.82, 2.24) is 0 Å². The molecule has 1 heteroatoms. The lowest BCUT2D eigenvalue weighted by Gasteiger charge is -2.22. The number of aryl methyl sites for hydroxylation is 1. The molecule has 0 fully saturated rings. The van der Waals surface area contributed by atoms with Gasteiger partial charge in [-0.1, -0.05) is 61.9 Å². The Morgan fingerprint density at radius 3 is 2.28 bits per heavy atom. The number of hydrogen-bond donors (Lipinski definition) is 1. The molecule has 1 aliphatic carbocycles. The van der Waals surface area contributed by atoms with Crippen molar-refractivity contribution in [2.24, 2.45) is 5.41 Å². The van der Waals surface area contributed by atoms with E-state index in [1.165, 1.54) is 11.1 Å². The van der Waals surface area contributed by atoms with E-state index in [0.717, 1.165) is 24.8 Å². The van der Waals surface area contributed by atoms with Crippen LogP contribution in [0.15, 0.2) is 48.1 Å². The maximum Gasteiger partial charge on any atom is 0.0681 e. The van der Waals surface area contributed by atoms with Gasteiger partial charge in [0, 0.05) is 0 Å². The van der Waals surface area contributed by atoms with Gasteiger partial charge in [-0.05, 0) is 35.8 Å². The first-order valence-electron chi connectivity index (χ1n) is 6.66. The highest BCUT2D eigenvalue weighted by atomic mass is 16.3. The molecule has 0 saturated carbocycles. The summed E-state index contributed by atoms with van der Waals surface area (Å²) in [4.78, 5) is 0. The Kier molecular flexibility index (Phi) is 4.03. The van der Waals surface area contributed by atoms with Crippen molar-refractivity contribution in [3.8, 4) is 0 Å². The molecular weight excluding hydrogens is 220 g/mol. The van der Waals surface area contributed by atoms with Crippen LogP contribution in [0, 0.1) is 5.41 Å². The zero-order valence-electron chi connectivity index (χ0n) is 11.3. The lowest BCUT2D eigenvalue weighted by molar-refractivity contribution is 0.282. The fourth-order valence-electron chi connectivity index (χ4n) is 2.15. The summed E-state index contributed by atoms with van der Waals surface area (Å²) in [7, 11) is 0. The molecule has 0 unspecified atom stereocenters. The van der Waals surface area contributed by atoms with Gasteiger partial charge < -0.3 is 5.11 Å². The van der Waals surface area contributed by atoms with Gasteiger partial charge in [-0.3, -0.25) is 0 Å². The maximum atomic E-state index is 8.99. The first kappa shape index (κ1) is 13.1. The second-order valence-corrected chi connectivity index (χ2v) is 5.78. The van der Waals surface area contributed by atoms with E-state index in [4.69, 9.17) is 5.11 Å². The number of hydrogen-bond acceptors (Lipinski definition) is 1.